The zero-order chi connectivity index (χ0) is 13.5. The largest absolute Gasteiger partial charge is 0.493 e. The Hall–Kier alpha value is -2.30. The van der Waals surface area contributed by atoms with E-state index >= 15 is 0 Å². The van der Waals surface area contributed by atoms with Crippen LogP contribution in [0.1, 0.15) is 16.8 Å². The fourth-order valence-electron chi connectivity index (χ4n) is 1.72. The lowest BCUT2D eigenvalue weighted by atomic mass is 10.2. The Kier molecular flexibility index (Phi) is 4.55. The number of hydrogen-bond acceptors (Lipinski definition) is 4. The van der Waals surface area contributed by atoms with E-state index in [-0.39, 0.29) is 0 Å². The molecule has 0 bridgehead atoms. The third-order valence-electron chi connectivity index (χ3n) is 2.67. The molecule has 0 atom stereocenters. The van der Waals surface area contributed by atoms with E-state index in [4.69, 9.17) is 9.47 Å². The SMILES string of the molecule is COc1cc(C=O)ccc1OCCCn1cccn1. The van der Waals surface area contributed by atoms with E-state index in [1.165, 1.54) is 0 Å². The summed E-state index contributed by atoms with van der Waals surface area (Å²) in [5.41, 5.74) is 0.570. The second kappa shape index (κ2) is 6.58. The first-order valence-electron chi connectivity index (χ1n) is 6.07. The van der Waals surface area contributed by atoms with Crippen molar-refractivity contribution < 1.29 is 14.3 Å². The third kappa shape index (κ3) is 3.58. The smallest absolute Gasteiger partial charge is 0.161 e. The molecule has 1 heterocycles. The molecule has 0 amide bonds. The van der Waals surface area contributed by atoms with Gasteiger partial charge >= 0.3 is 0 Å². The van der Waals surface area contributed by atoms with Crippen LogP contribution in [0.15, 0.2) is 36.7 Å². The van der Waals surface area contributed by atoms with E-state index < -0.39 is 0 Å². The Labute approximate surface area is 111 Å². The molecule has 1 aromatic heterocycles. The van der Waals surface area contributed by atoms with Crippen LogP contribution < -0.4 is 9.47 Å². The molecule has 0 aliphatic heterocycles. The van der Waals surface area contributed by atoms with Crippen LogP contribution in [0.2, 0.25) is 0 Å². The minimum atomic E-state index is 0.566. The van der Waals surface area contributed by atoms with E-state index in [0.29, 0.717) is 23.7 Å². The number of nitrogens with zero attached hydrogens (tertiary/aromatic N) is 2. The van der Waals surface area contributed by atoms with Crippen molar-refractivity contribution in [3.05, 3.63) is 42.2 Å². The first-order chi connectivity index (χ1) is 9.33. The Bertz CT molecular complexity index is 523. The molecule has 0 spiro atoms. The standard InChI is InChI=1S/C14H16N2O3/c1-18-14-10-12(11-17)4-5-13(14)19-9-3-8-16-7-2-6-15-16/h2,4-7,10-11H,3,8-9H2,1H3. The lowest BCUT2D eigenvalue weighted by Crippen LogP contribution is -2.05. The molecule has 5 heteroatoms. The van der Waals surface area contributed by atoms with Crippen molar-refractivity contribution in [3.8, 4) is 11.5 Å². The number of carbonyl (C=O) groups is 1. The van der Waals surface area contributed by atoms with Crippen LogP contribution >= 0.6 is 0 Å². The van der Waals surface area contributed by atoms with Crippen LogP contribution in [-0.2, 0) is 6.54 Å². The maximum Gasteiger partial charge on any atom is 0.161 e. The first-order valence-corrected chi connectivity index (χ1v) is 6.07. The van der Waals surface area contributed by atoms with Gasteiger partial charge in [0, 0.05) is 30.9 Å². The Morgan fingerprint density at radius 3 is 2.95 bits per heavy atom. The summed E-state index contributed by atoms with van der Waals surface area (Å²) >= 11 is 0. The highest BCUT2D eigenvalue weighted by atomic mass is 16.5. The van der Waals surface area contributed by atoms with Gasteiger partial charge in [-0.15, -0.1) is 0 Å². The van der Waals surface area contributed by atoms with Crippen molar-refractivity contribution in [2.45, 2.75) is 13.0 Å². The highest BCUT2D eigenvalue weighted by Crippen LogP contribution is 2.27. The maximum absolute atomic E-state index is 10.7. The second-order valence-corrected chi connectivity index (χ2v) is 4.00. The fourth-order valence-corrected chi connectivity index (χ4v) is 1.72. The number of methoxy groups -OCH3 is 1. The molecular formula is C14H16N2O3. The number of carbonyl (C=O) groups excluding carboxylic acids is 1. The predicted octanol–water partition coefficient (Wildman–Crippen LogP) is 2.17. The number of rotatable bonds is 7. The molecule has 0 saturated carbocycles. The molecule has 19 heavy (non-hydrogen) atoms. The van der Waals surface area contributed by atoms with Crippen LogP contribution in [0, 0.1) is 0 Å². The minimum Gasteiger partial charge on any atom is -0.493 e. The van der Waals surface area contributed by atoms with Gasteiger partial charge in [-0.25, -0.2) is 0 Å². The van der Waals surface area contributed by atoms with Gasteiger partial charge in [0.15, 0.2) is 11.5 Å². The summed E-state index contributed by atoms with van der Waals surface area (Å²) in [4.78, 5) is 10.7. The molecule has 0 unspecified atom stereocenters. The Morgan fingerprint density at radius 2 is 2.26 bits per heavy atom. The van der Waals surface area contributed by atoms with Crippen molar-refractivity contribution in [2.24, 2.45) is 0 Å². The fraction of sp³-hybridized carbons (Fsp3) is 0.286. The van der Waals surface area contributed by atoms with Gasteiger partial charge in [0.2, 0.25) is 0 Å². The summed E-state index contributed by atoms with van der Waals surface area (Å²) < 4.78 is 12.7. The monoisotopic (exact) mass is 260 g/mol. The van der Waals surface area contributed by atoms with Gasteiger partial charge < -0.3 is 9.47 Å². The lowest BCUT2D eigenvalue weighted by Gasteiger charge is -2.11. The van der Waals surface area contributed by atoms with Crippen LogP contribution in [0.3, 0.4) is 0 Å². The molecule has 100 valence electrons. The number of hydrogen-bond donors (Lipinski definition) is 0. The Morgan fingerprint density at radius 1 is 1.37 bits per heavy atom. The molecule has 5 nitrogen and oxygen atoms in total. The van der Waals surface area contributed by atoms with Gasteiger partial charge in [-0.05, 0) is 24.3 Å². The molecule has 1 aromatic carbocycles. The quantitative estimate of drug-likeness (QED) is 0.565. The molecule has 0 aliphatic carbocycles. The van der Waals surface area contributed by atoms with Crippen molar-refractivity contribution >= 4 is 6.29 Å². The van der Waals surface area contributed by atoms with E-state index in [2.05, 4.69) is 5.10 Å². The van der Waals surface area contributed by atoms with Crippen molar-refractivity contribution in [3.63, 3.8) is 0 Å². The molecular weight excluding hydrogens is 244 g/mol. The van der Waals surface area contributed by atoms with E-state index in [0.717, 1.165) is 19.3 Å². The van der Waals surface area contributed by atoms with Gasteiger partial charge in [0.05, 0.1) is 13.7 Å². The van der Waals surface area contributed by atoms with Gasteiger partial charge in [-0.1, -0.05) is 0 Å². The normalized spacial score (nSPS) is 10.2. The molecule has 2 rings (SSSR count). The lowest BCUT2D eigenvalue weighted by molar-refractivity contribution is 0.112. The average molecular weight is 260 g/mol. The summed E-state index contributed by atoms with van der Waals surface area (Å²) in [5.74, 6) is 1.22. The summed E-state index contributed by atoms with van der Waals surface area (Å²) in [6.07, 6.45) is 5.30. The number of aldehydes is 1. The minimum absolute atomic E-state index is 0.566. The van der Waals surface area contributed by atoms with Crippen LogP contribution in [-0.4, -0.2) is 29.8 Å². The van der Waals surface area contributed by atoms with Crippen LogP contribution in [0.4, 0.5) is 0 Å². The second-order valence-electron chi connectivity index (χ2n) is 4.00. The first kappa shape index (κ1) is 13.1. The van der Waals surface area contributed by atoms with Crippen molar-refractivity contribution in [2.75, 3.05) is 13.7 Å². The van der Waals surface area contributed by atoms with Gasteiger partial charge in [-0.2, -0.15) is 5.10 Å². The van der Waals surface area contributed by atoms with Crippen LogP contribution in [0.25, 0.3) is 0 Å². The van der Waals surface area contributed by atoms with Crippen molar-refractivity contribution in [1.82, 2.24) is 9.78 Å². The molecule has 0 aliphatic rings. The summed E-state index contributed by atoms with van der Waals surface area (Å²) in [5, 5.41) is 4.11. The van der Waals surface area contributed by atoms with Crippen LogP contribution in [0.5, 0.6) is 11.5 Å². The Balaban J connectivity index is 1.86. The average Bonchev–Trinajstić information content (AvgIpc) is 2.96. The predicted molar refractivity (Wildman–Crippen MR) is 70.7 cm³/mol. The van der Waals surface area contributed by atoms with Gasteiger partial charge in [0.25, 0.3) is 0 Å². The molecule has 0 saturated heterocycles. The summed E-state index contributed by atoms with van der Waals surface area (Å²) in [7, 11) is 1.56. The highest BCUT2D eigenvalue weighted by molar-refractivity contribution is 5.76. The summed E-state index contributed by atoms with van der Waals surface area (Å²) in [6, 6.07) is 7.01. The number of aryl methyl sites for hydroxylation is 1. The van der Waals surface area contributed by atoms with E-state index in [1.54, 1.807) is 31.5 Å². The van der Waals surface area contributed by atoms with Gasteiger partial charge in [-0.3, -0.25) is 9.48 Å². The third-order valence-corrected chi connectivity index (χ3v) is 2.67. The zero-order valence-corrected chi connectivity index (χ0v) is 10.8. The molecule has 2 aromatic rings. The maximum atomic E-state index is 10.7. The molecule has 0 fully saturated rings. The zero-order valence-electron chi connectivity index (χ0n) is 10.8. The van der Waals surface area contributed by atoms with Gasteiger partial charge in [0.1, 0.15) is 6.29 Å². The molecule has 0 radical (unpaired) electrons. The number of aromatic nitrogens is 2. The number of benzene rings is 1. The van der Waals surface area contributed by atoms with E-state index in [9.17, 15) is 4.79 Å². The van der Waals surface area contributed by atoms with E-state index in [1.807, 2.05) is 16.9 Å². The molecule has 0 N–H and O–H groups in total. The summed E-state index contributed by atoms with van der Waals surface area (Å²) in [6.45, 7) is 1.37. The van der Waals surface area contributed by atoms with Crippen molar-refractivity contribution in [1.29, 1.82) is 0 Å². The highest BCUT2D eigenvalue weighted by Gasteiger charge is 2.05. The topological polar surface area (TPSA) is 53.4 Å². The number of ether oxygens (including phenoxy) is 2.